The number of sulfonamides is 1. The summed E-state index contributed by atoms with van der Waals surface area (Å²) in [5.74, 6) is -0.0303. The smallest absolute Gasteiger partial charge is 0.209 e. The van der Waals surface area contributed by atoms with Crippen molar-refractivity contribution in [1.29, 1.82) is 0 Å². The minimum atomic E-state index is -3.90. The summed E-state index contributed by atoms with van der Waals surface area (Å²) in [5.41, 5.74) is 0.751. The maximum Gasteiger partial charge on any atom is 0.252 e. The monoisotopic (exact) mass is 381 g/mol. The standard InChI is InChI=1S/C9H11BrClF2NO2S2/c1-6-4-8(17-9(6)10)18(15,16)14(3-2-11)5-7(12)13/h4,7H,2-3,5H2,1H3. The third-order valence-corrected chi connectivity index (χ3v) is 6.72. The van der Waals surface area contributed by atoms with Gasteiger partial charge in [-0.2, -0.15) is 4.31 Å². The van der Waals surface area contributed by atoms with Crippen molar-refractivity contribution in [2.45, 2.75) is 17.6 Å². The van der Waals surface area contributed by atoms with Crippen molar-refractivity contribution in [2.75, 3.05) is 19.0 Å². The summed E-state index contributed by atoms with van der Waals surface area (Å²) in [6, 6.07) is 1.46. The fourth-order valence-electron chi connectivity index (χ4n) is 1.24. The normalized spacial score (nSPS) is 12.6. The summed E-state index contributed by atoms with van der Waals surface area (Å²) in [4.78, 5) is 0. The second-order valence-corrected chi connectivity index (χ2v) is 8.38. The molecule has 0 aliphatic carbocycles. The van der Waals surface area contributed by atoms with E-state index in [2.05, 4.69) is 15.9 Å². The Morgan fingerprint density at radius 2 is 2.17 bits per heavy atom. The molecule has 0 aromatic carbocycles. The molecule has 1 aromatic heterocycles. The van der Waals surface area contributed by atoms with E-state index in [0.717, 1.165) is 16.9 Å². The molecule has 0 bridgehead atoms. The molecular weight excluding hydrogens is 372 g/mol. The van der Waals surface area contributed by atoms with Gasteiger partial charge >= 0.3 is 0 Å². The summed E-state index contributed by atoms with van der Waals surface area (Å²) in [6.07, 6.45) is -2.73. The molecule has 0 N–H and O–H groups in total. The fourth-order valence-corrected chi connectivity index (χ4v) is 5.35. The lowest BCUT2D eigenvalue weighted by Gasteiger charge is -2.19. The first-order valence-corrected chi connectivity index (χ1v) is 8.47. The lowest BCUT2D eigenvalue weighted by atomic mass is 10.4. The van der Waals surface area contributed by atoms with Crippen LogP contribution < -0.4 is 0 Å². The molecule has 1 aromatic rings. The van der Waals surface area contributed by atoms with Gasteiger partial charge in [0.1, 0.15) is 4.21 Å². The molecule has 18 heavy (non-hydrogen) atoms. The molecule has 0 saturated heterocycles. The minimum Gasteiger partial charge on any atom is -0.209 e. The van der Waals surface area contributed by atoms with Crippen LogP contribution in [0.15, 0.2) is 14.1 Å². The van der Waals surface area contributed by atoms with Gasteiger partial charge in [0, 0.05) is 12.4 Å². The molecular formula is C9H11BrClF2NO2S2. The first-order valence-electron chi connectivity index (χ1n) is 4.89. The summed E-state index contributed by atoms with van der Waals surface area (Å²) in [5, 5.41) is 0. The Kier molecular flexibility index (Phi) is 5.98. The van der Waals surface area contributed by atoms with Gasteiger partial charge < -0.3 is 0 Å². The molecule has 1 rings (SSSR count). The van der Waals surface area contributed by atoms with Crippen LogP contribution in [-0.4, -0.2) is 38.1 Å². The van der Waals surface area contributed by atoms with Crippen molar-refractivity contribution in [3.05, 3.63) is 15.4 Å². The zero-order chi connectivity index (χ0) is 13.9. The number of thiophene rings is 1. The molecule has 0 aliphatic rings. The number of alkyl halides is 3. The molecule has 0 unspecified atom stereocenters. The van der Waals surface area contributed by atoms with Gasteiger partial charge in [0.15, 0.2) is 0 Å². The highest BCUT2D eigenvalue weighted by Crippen LogP contribution is 2.32. The van der Waals surface area contributed by atoms with Crippen LogP contribution in [0.5, 0.6) is 0 Å². The zero-order valence-corrected chi connectivity index (χ0v) is 13.3. The highest BCUT2D eigenvalue weighted by Gasteiger charge is 2.28. The topological polar surface area (TPSA) is 37.4 Å². The average Bonchev–Trinajstić information content (AvgIpc) is 2.59. The molecule has 0 fully saturated rings. The second kappa shape index (κ2) is 6.60. The summed E-state index contributed by atoms with van der Waals surface area (Å²) < 4.78 is 50.5. The quantitative estimate of drug-likeness (QED) is 0.708. The van der Waals surface area contributed by atoms with Gasteiger partial charge in [0.05, 0.1) is 10.3 Å². The molecule has 0 spiro atoms. The van der Waals surface area contributed by atoms with Crippen LogP contribution in [0.3, 0.4) is 0 Å². The van der Waals surface area contributed by atoms with Crippen LogP contribution in [-0.2, 0) is 10.0 Å². The van der Waals surface area contributed by atoms with E-state index in [1.165, 1.54) is 6.07 Å². The summed E-state index contributed by atoms with van der Waals surface area (Å²) >= 11 is 9.66. The molecule has 9 heteroatoms. The van der Waals surface area contributed by atoms with Crippen molar-refractivity contribution in [3.63, 3.8) is 0 Å². The van der Waals surface area contributed by atoms with Crippen LogP contribution in [0.4, 0.5) is 8.78 Å². The Morgan fingerprint density at radius 1 is 1.56 bits per heavy atom. The Hall–Kier alpha value is 0.240. The number of nitrogens with zero attached hydrogens (tertiary/aromatic N) is 1. The maximum absolute atomic E-state index is 12.4. The second-order valence-electron chi connectivity index (χ2n) is 3.47. The predicted molar refractivity (Wildman–Crippen MR) is 72.2 cm³/mol. The van der Waals surface area contributed by atoms with E-state index in [1.807, 2.05) is 0 Å². The van der Waals surface area contributed by atoms with E-state index in [0.29, 0.717) is 8.09 Å². The van der Waals surface area contributed by atoms with Crippen molar-refractivity contribution in [2.24, 2.45) is 0 Å². The Bertz CT molecular complexity index is 487. The molecule has 0 radical (unpaired) electrons. The third kappa shape index (κ3) is 3.86. The van der Waals surface area contributed by atoms with E-state index in [1.54, 1.807) is 6.92 Å². The summed E-state index contributed by atoms with van der Waals surface area (Å²) in [7, 11) is -3.90. The predicted octanol–water partition coefficient (Wildman–Crippen LogP) is 3.31. The van der Waals surface area contributed by atoms with Crippen LogP contribution in [0.1, 0.15) is 5.56 Å². The molecule has 3 nitrogen and oxygen atoms in total. The van der Waals surface area contributed by atoms with E-state index < -0.39 is 23.0 Å². The van der Waals surface area contributed by atoms with Gasteiger partial charge in [-0.05, 0) is 34.5 Å². The third-order valence-electron chi connectivity index (χ3n) is 2.10. The average molecular weight is 383 g/mol. The molecule has 0 saturated carbocycles. The number of halogens is 4. The largest absolute Gasteiger partial charge is 0.252 e. The van der Waals surface area contributed by atoms with E-state index in [-0.39, 0.29) is 16.6 Å². The van der Waals surface area contributed by atoms with E-state index >= 15 is 0 Å². The highest BCUT2D eigenvalue weighted by molar-refractivity contribution is 9.11. The van der Waals surface area contributed by atoms with Gasteiger partial charge in [0.2, 0.25) is 0 Å². The molecule has 0 aliphatic heterocycles. The van der Waals surface area contributed by atoms with Crippen molar-refractivity contribution >= 4 is 48.9 Å². The Morgan fingerprint density at radius 3 is 2.56 bits per heavy atom. The Labute approximate surface area is 122 Å². The zero-order valence-electron chi connectivity index (χ0n) is 9.37. The van der Waals surface area contributed by atoms with Gasteiger partial charge in [-0.1, -0.05) is 0 Å². The number of hydrogen-bond donors (Lipinski definition) is 0. The number of hydrogen-bond acceptors (Lipinski definition) is 3. The lowest BCUT2D eigenvalue weighted by molar-refractivity contribution is 0.121. The molecule has 104 valence electrons. The Balaban J connectivity index is 3.08. The van der Waals surface area contributed by atoms with Gasteiger partial charge in [-0.3, -0.25) is 0 Å². The fraction of sp³-hybridized carbons (Fsp3) is 0.556. The molecule has 0 amide bonds. The molecule has 0 atom stereocenters. The summed E-state index contributed by atoms with van der Waals surface area (Å²) in [6.45, 7) is 0.755. The van der Waals surface area contributed by atoms with Gasteiger partial charge in [-0.15, -0.1) is 22.9 Å². The lowest BCUT2D eigenvalue weighted by Crippen LogP contribution is -2.36. The first-order chi connectivity index (χ1) is 8.28. The van der Waals surface area contributed by atoms with E-state index in [4.69, 9.17) is 11.6 Å². The van der Waals surface area contributed by atoms with Crippen LogP contribution >= 0.6 is 38.9 Å². The van der Waals surface area contributed by atoms with Gasteiger partial charge in [-0.25, -0.2) is 17.2 Å². The SMILES string of the molecule is Cc1cc(S(=O)(=O)N(CCCl)CC(F)F)sc1Br. The maximum atomic E-state index is 12.4. The van der Waals surface area contributed by atoms with Gasteiger partial charge in [0.25, 0.3) is 16.4 Å². The van der Waals surface area contributed by atoms with Crippen molar-refractivity contribution in [3.8, 4) is 0 Å². The number of aryl methyl sites for hydroxylation is 1. The van der Waals surface area contributed by atoms with Crippen LogP contribution in [0, 0.1) is 6.92 Å². The minimum absolute atomic E-state index is 0.0303. The molecule has 1 heterocycles. The van der Waals surface area contributed by atoms with Crippen molar-refractivity contribution < 1.29 is 17.2 Å². The first kappa shape index (κ1) is 16.3. The van der Waals surface area contributed by atoms with Crippen LogP contribution in [0.25, 0.3) is 0 Å². The van der Waals surface area contributed by atoms with E-state index in [9.17, 15) is 17.2 Å². The van der Waals surface area contributed by atoms with Crippen LogP contribution in [0.2, 0.25) is 0 Å². The number of rotatable bonds is 6. The van der Waals surface area contributed by atoms with Crippen molar-refractivity contribution in [1.82, 2.24) is 4.31 Å². The highest BCUT2D eigenvalue weighted by atomic mass is 79.9.